The van der Waals surface area contributed by atoms with Crippen LogP contribution in [0.4, 0.5) is 14.7 Å². The Bertz CT molecular complexity index is 1070. The van der Waals surface area contributed by atoms with Crippen molar-refractivity contribution in [3.05, 3.63) is 47.8 Å². The largest absolute Gasteiger partial charge is 0.497 e. The van der Waals surface area contributed by atoms with E-state index in [1.165, 1.54) is 6.20 Å². The number of halogens is 2. The number of methoxy groups -OCH3 is 1. The zero-order chi connectivity index (χ0) is 20.6. The molecule has 2 N–H and O–H groups in total. The highest BCUT2D eigenvalue weighted by Gasteiger charge is 2.42. The minimum atomic E-state index is -2.88. The van der Waals surface area contributed by atoms with E-state index in [1.807, 2.05) is 22.8 Å². The number of nitrogens with two attached hydrogens (primary N) is 1. The fraction of sp³-hybridized carbons (Fsp3) is 0.350. The van der Waals surface area contributed by atoms with Crippen LogP contribution in [0.2, 0.25) is 0 Å². The first-order chi connectivity index (χ1) is 13.9. The number of fused-ring (bicyclic) bond motifs is 1. The van der Waals surface area contributed by atoms with E-state index >= 15 is 0 Å². The summed E-state index contributed by atoms with van der Waals surface area (Å²) in [6, 6.07) is 9.77. The molecule has 0 amide bonds. The quantitative estimate of drug-likeness (QED) is 0.726. The molecule has 1 aliphatic heterocycles. The van der Waals surface area contributed by atoms with Gasteiger partial charge in [-0.2, -0.15) is 5.26 Å². The maximum Gasteiger partial charge on any atom is 0.266 e. The number of anilines is 1. The Balaban J connectivity index is 1.75. The molecule has 2 aromatic heterocycles. The number of piperidine rings is 1. The molecule has 1 aliphatic rings. The van der Waals surface area contributed by atoms with Crippen molar-refractivity contribution < 1.29 is 13.5 Å². The summed E-state index contributed by atoms with van der Waals surface area (Å²) in [5.74, 6) is -1.66. The van der Waals surface area contributed by atoms with Crippen LogP contribution >= 0.6 is 0 Å². The second-order valence-corrected chi connectivity index (χ2v) is 7.07. The number of hydrogen-bond donors (Lipinski definition) is 1. The summed E-state index contributed by atoms with van der Waals surface area (Å²) >= 11 is 0. The fourth-order valence-electron chi connectivity index (χ4n) is 3.48. The van der Waals surface area contributed by atoms with E-state index < -0.39 is 12.0 Å². The molecule has 0 radical (unpaired) electrons. The second kappa shape index (κ2) is 7.29. The van der Waals surface area contributed by atoms with Crippen LogP contribution in [0.5, 0.6) is 5.75 Å². The van der Waals surface area contributed by atoms with Crippen LogP contribution in [-0.2, 0) is 6.54 Å². The van der Waals surface area contributed by atoms with Gasteiger partial charge in [0.15, 0.2) is 0 Å². The first-order valence-corrected chi connectivity index (χ1v) is 9.19. The predicted molar refractivity (Wildman–Crippen MR) is 104 cm³/mol. The third-order valence-corrected chi connectivity index (χ3v) is 5.17. The van der Waals surface area contributed by atoms with Gasteiger partial charge in [-0.05, 0) is 24.3 Å². The molecule has 1 aromatic carbocycles. The van der Waals surface area contributed by atoms with Crippen molar-refractivity contribution in [2.24, 2.45) is 5.73 Å². The van der Waals surface area contributed by atoms with Gasteiger partial charge in [0.2, 0.25) is 5.95 Å². The summed E-state index contributed by atoms with van der Waals surface area (Å²) < 4.78 is 35.0. The molecule has 1 fully saturated rings. The molecule has 1 saturated heterocycles. The molecule has 0 aliphatic carbocycles. The minimum Gasteiger partial charge on any atom is -0.497 e. The third-order valence-electron chi connectivity index (χ3n) is 5.17. The Morgan fingerprint density at radius 2 is 2.17 bits per heavy atom. The highest BCUT2D eigenvalue weighted by atomic mass is 19.3. The van der Waals surface area contributed by atoms with Gasteiger partial charge >= 0.3 is 0 Å². The van der Waals surface area contributed by atoms with Crippen molar-refractivity contribution in [1.29, 1.82) is 5.26 Å². The molecular formula is C20H20F2N6O. The zero-order valence-electron chi connectivity index (χ0n) is 15.8. The Kier molecular flexibility index (Phi) is 4.80. The topological polar surface area (TPSA) is 93.0 Å². The SMILES string of the molecule is COc1ccc2c(c1)nc(N1CCC(F)(F)[C@H](N)C1)n2Cc1ccc(C#N)cn1. The molecule has 0 bridgehead atoms. The Morgan fingerprint density at radius 3 is 2.83 bits per heavy atom. The number of pyridine rings is 1. The molecule has 150 valence electrons. The molecule has 3 aromatic rings. The summed E-state index contributed by atoms with van der Waals surface area (Å²) in [6.07, 6.45) is 1.18. The molecule has 7 nitrogen and oxygen atoms in total. The van der Waals surface area contributed by atoms with Crippen molar-refractivity contribution >= 4 is 17.0 Å². The maximum absolute atomic E-state index is 13.9. The highest BCUT2D eigenvalue weighted by Crippen LogP contribution is 2.32. The monoisotopic (exact) mass is 398 g/mol. The first kappa shape index (κ1) is 19.1. The molecule has 0 saturated carbocycles. The van der Waals surface area contributed by atoms with Gasteiger partial charge in [-0.15, -0.1) is 0 Å². The van der Waals surface area contributed by atoms with Crippen LogP contribution in [-0.4, -0.2) is 46.7 Å². The van der Waals surface area contributed by atoms with E-state index in [9.17, 15) is 8.78 Å². The van der Waals surface area contributed by atoms with Gasteiger partial charge in [-0.25, -0.2) is 13.8 Å². The normalized spacial score (nSPS) is 18.6. The lowest BCUT2D eigenvalue weighted by atomic mass is 10.0. The molecule has 0 spiro atoms. The number of rotatable bonds is 4. The maximum atomic E-state index is 13.9. The van der Waals surface area contributed by atoms with Crippen LogP contribution < -0.4 is 15.4 Å². The van der Waals surface area contributed by atoms with Gasteiger partial charge in [0, 0.05) is 31.8 Å². The van der Waals surface area contributed by atoms with Crippen molar-refractivity contribution in [2.45, 2.75) is 24.9 Å². The number of nitrogens with zero attached hydrogens (tertiary/aromatic N) is 5. The number of imidazole rings is 1. The zero-order valence-corrected chi connectivity index (χ0v) is 15.8. The van der Waals surface area contributed by atoms with E-state index in [1.54, 1.807) is 30.2 Å². The number of nitriles is 1. The summed E-state index contributed by atoms with van der Waals surface area (Å²) in [4.78, 5) is 10.8. The summed E-state index contributed by atoms with van der Waals surface area (Å²) in [5, 5.41) is 8.96. The van der Waals surface area contributed by atoms with Crippen molar-refractivity contribution in [1.82, 2.24) is 14.5 Å². The summed E-state index contributed by atoms with van der Waals surface area (Å²) in [7, 11) is 1.57. The fourth-order valence-corrected chi connectivity index (χ4v) is 3.48. The van der Waals surface area contributed by atoms with Crippen LogP contribution in [0, 0.1) is 11.3 Å². The van der Waals surface area contributed by atoms with E-state index in [0.717, 1.165) is 11.2 Å². The summed E-state index contributed by atoms with van der Waals surface area (Å²) in [6.45, 7) is 0.544. The van der Waals surface area contributed by atoms with Gasteiger partial charge < -0.3 is 19.9 Å². The Labute approximate surface area is 166 Å². The van der Waals surface area contributed by atoms with Gasteiger partial charge in [0.1, 0.15) is 11.8 Å². The first-order valence-electron chi connectivity index (χ1n) is 9.19. The number of hydrogen-bond acceptors (Lipinski definition) is 6. The van der Waals surface area contributed by atoms with Crippen LogP contribution in [0.15, 0.2) is 36.5 Å². The summed E-state index contributed by atoms with van der Waals surface area (Å²) in [5.41, 5.74) is 8.45. The molecule has 3 heterocycles. The predicted octanol–water partition coefficient (Wildman–Crippen LogP) is 2.53. The van der Waals surface area contributed by atoms with Crippen molar-refractivity contribution in [2.75, 3.05) is 25.1 Å². The van der Waals surface area contributed by atoms with E-state index in [0.29, 0.717) is 29.3 Å². The van der Waals surface area contributed by atoms with Gasteiger partial charge in [0.05, 0.1) is 42.0 Å². The minimum absolute atomic E-state index is 0.00819. The van der Waals surface area contributed by atoms with E-state index in [-0.39, 0.29) is 19.5 Å². The highest BCUT2D eigenvalue weighted by molar-refractivity contribution is 5.80. The lowest BCUT2D eigenvalue weighted by Gasteiger charge is -2.37. The molecule has 29 heavy (non-hydrogen) atoms. The lowest BCUT2D eigenvalue weighted by Crippen LogP contribution is -2.55. The second-order valence-electron chi connectivity index (χ2n) is 7.07. The van der Waals surface area contributed by atoms with Crippen LogP contribution in [0.3, 0.4) is 0 Å². The average molecular weight is 398 g/mol. The van der Waals surface area contributed by atoms with Crippen molar-refractivity contribution in [3.63, 3.8) is 0 Å². The van der Waals surface area contributed by atoms with Crippen LogP contribution in [0.1, 0.15) is 17.7 Å². The number of ether oxygens (including phenoxy) is 1. The molecule has 0 unspecified atom stereocenters. The Morgan fingerprint density at radius 1 is 1.34 bits per heavy atom. The van der Waals surface area contributed by atoms with Gasteiger partial charge in [0.25, 0.3) is 5.92 Å². The Hall–Kier alpha value is -3.25. The molecule has 1 atom stereocenters. The lowest BCUT2D eigenvalue weighted by molar-refractivity contribution is -0.0395. The standard InChI is InChI=1S/C20H20F2N6O/c1-29-15-4-5-17-16(8-15)26-19(27-7-6-20(21,22)18(24)12-27)28(17)11-14-3-2-13(9-23)10-25-14/h2-5,8,10,18H,6-7,11-12,24H2,1H3/t18-/m1/s1. The van der Waals surface area contributed by atoms with Crippen molar-refractivity contribution in [3.8, 4) is 11.8 Å². The average Bonchev–Trinajstić information content (AvgIpc) is 3.08. The third kappa shape index (κ3) is 3.59. The smallest absolute Gasteiger partial charge is 0.266 e. The molecular weight excluding hydrogens is 378 g/mol. The van der Waals surface area contributed by atoms with E-state index in [4.69, 9.17) is 15.7 Å². The number of benzene rings is 1. The van der Waals surface area contributed by atoms with Crippen LogP contribution in [0.25, 0.3) is 11.0 Å². The number of aromatic nitrogens is 3. The molecule has 4 rings (SSSR count). The molecule has 9 heteroatoms. The van der Waals surface area contributed by atoms with Gasteiger partial charge in [-0.3, -0.25) is 4.98 Å². The van der Waals surface area contributed by atoms with E-state index in [2.05, 4.69) is 9.97 Å². The number of alkyl halides is 2. The van der Waals surface area contributed by atoms with Gasteiger partial charge in [-0.1, -0.05) is 0 Å².